The smallest absolute Gasteiger partial charge is 0.336 e. The van der Waals surface area contributed by atoms with Gasteiger partial charge in [-0.05, 0) is 19.4 Å². The van der Waals surface area contributed by atoms with Gasteiger partial charge >= 0.3 is 5.97 Å². The Morgan fingerprint density at radius 1 is 1.35 bits per heavy atom. The van der Waals surface area contributed by atoms with Crippen LogP contribution in [0.25, 0.3) is 0 Å². The van der Waals surface area contributed by atoms with E-state index in [2.05, 4.69) is 11.3 Å². The van der Waals surface area contributed by atoms with E-state index in [0.717, 1.165) is 11.1 Å². The highest BCUT2D eigenvalue weighted by atomic mass is 16.5. The first kappa shape index (κ1) is 13.5. The molecule has 0 heterocycles. The highest BCUT2D eigenvalue weighted by Crippen LogP contribution is 2.25. The Labute approximate surface area is 102 Å². The fraction of sp³-hybridized carbons (Fsp3) is 0.357. The lowest BCUT2D eigenvalue weighted by molar-refractivity contribution is -0.137. The normalized spacial score (nSPS) is 11.9. The van der Waals surface area contributed by atoms with Crippen LogP contribution in [-0.4, -0.2) is 19.7 Å². The molecule has 1 unspecified atom stereocenters. The zero-order valence-corrected chi connectivity index (χ0v) is 10.5. The molecule has 1 aromatic carbocycles. The molecule has 3 nitrogen and oxygen atoms in total. The van der Waals surface area contributed by atoms with Crippen molar-refractivity contribution in [1.29, 1.82) is 0 Å². The van der Waals surface area contributed by atoms with Crippen LogP contribution in [0.5, 0.6) is 0 Å². The molecule has 0 amide bonds. The molecule has 0 aromatic heterocycles. The van der Waals surface area contributed by atoms with Crippen molar-refractivity contribution in [3.05, 3.63) is 47.5 Å². The molecule has 0 aliphatic carbocycles. The van der Waals surface area contributed by atoms with E-state index in [1.54, 1.807) is 0 Å². The van der Waals surface area contributed by atoms with Crippen molar-refractivity contribution in [2.75, 3.05) is 13.7 Å². The van der Waals surface area contributed by atoms with Gasteiger partial charge in [0.25, 0.3) is 0 Å². The highest BCUT2D eigenvalue weighted by Gasteiger charge is 2.21. The minimum absolute atomic E-state index is 0.318. The Bertz CT molecular complexity index is 392. The molecule has 1 rings (SSSR count). The molecule has 1 atom stereocenters. The van der Waals surface area contributed by atoms with Gasteiger partial charge in [0.1, 0.15) is 6.10 Å². The van der Waals surface area contributed by atoms with Crippen LogP contribution < -0.4 is 0 Å². The van der Waals surface area contributed by atoms with Crippen LogP contribution in [0.3, 0.4) is 0 Å². The number of esters is 1. The molecule has 0 spiro atoms. The molecule has 0 bridgehead atoms. The van der Waals surface area contributed by atoms with E-state index in [-0.39, 0.29) is 0 Å². The van der Waals surface area contributed by atoms with E-state index in [1.807, 2.05) is 38.1 Å². The lowest BCUT2D eigenvalue weighted by atomic mass is 10.0. The second-order valence-electron chi connectivity index (χ2n) is 3.76. The Kier molecular flexibility index (Phi) is 4.91. The predicted molar refractivity (Wildman–Crippen MR) is 66.7 cm³/mol. The number of hydrogen-bond donors (Lipinski definition) is 0. The average Bonchev–Trinajstić information content (AvgIpc) is 2.35. The second kappa shape index (κ2) is 6.21. The first-order valence-corrected chi connectivity index (χ1v) is 5.55. The molecule has 17 heavy (non-hydrogen) atoms. The zero-order valence-electron chi connectivity index (χ0n) is 10.5. The molecule has 0 radical (unpaired) electrons. The summed E-state index contributed by atoms with van der Waals surface area (Å²) in [5.74, 6) is -0.441. The summed E-state index contributed by atoms with van der Waals surface area (Å²) in [6.45, 7) is 8.14. The Morgan fingerprint density at radius 2 is 1.94 bits per heavy atom. The van der Waals surface area contributed by atoms with Gasteiger partial charge in [0.15, 0.2) is 0 Å². The average molecular weight is 234 g/mol. The summed E-state index contributed by atoms with van der Waals surface area (Å²) in [6.07, 6.45) is -0.437. The number of benzene rings is 1. The number of aryl methyl sites for hydroxylation is 1. The Morgan fingerprint density at radius 3 is 2.41 bits per heavy atom. The molecule has 0 saturated carbocycles. The van der Waals surface area contributed by atoms with E-state index < -0.39 is 12.1 Å². The molecule has 1 aromatic rings. The largest absolute Gasteiger partial charge is 0.466 e. The monoisotopic (exact) mass is 234 g/mol. The van der Waals surface area contributed by atoms with Crippen molar-refractivity contribution >= 4 is 5.97 Å². The topological polar surface area (TPSA) is 35.5 Å². The molecule has 0 aliphatic heterocycles. The van der Waals surface area contributed by atoms with Crippen LogP contribution in [0, 0.1) is 6.92 Å². The van der Waals surface area contributed by atoms with Gasteiger partial charge in [-0.15, -0.1) is 0 Å². The zero-order chi connectivity index (χ0) is 12.8. The summed E-state index contributed by atoms with van der Waals surface area (Å²) in [7, 11) is 1.34. The van der Waals surface area contributed by atoms with E-state index in [9.17, 15) is 4.79 Å². The maximum Gasteiger partial charge on any atom is 0.336 e. The summed E-state index contributed by atoms with van der Waals surface area (Å²) < 4.78 is 10.2. The minimum Gasteiger partial charge on any atom is -0.466 e. The first-order valence-electron chi connectivity index (χ1n) is 5.55. The van der Waals surface area contributed by atoms with Crippen molar-refractivity contribution in [2.45, 2.75) is 20.0 Å². The first-order chi connectivity index (χ1) is 8.10. The van der Waals surface area contributed by atoms with Gasteiger partial charge < -0.3 is 9.47 Å². The van der Waals surface area contributed by atoms with Crippen molar-refractivity contribution in [1.82, 2.24) is 0 Å². The number of hydrogen-bond acceptors (Lipinski definition) is 3. The molecule has 0 N–H and O–H groups in total. The van der Waals surface area contributed by atoms with Crippen molar-refractivity contribution in [3.63, 3.8) is 0 Å². The maximum absolute atomic E-state index is 11.5. The van der Waals surface area contributed by atoms with E-state index in [0.29, 0.717) is 12.2 Å². The van der Waals surface area contributed by atoms with Crippen LogP contribution in [0.1, 0.15) is 24.2 Å². The number of carbonyl (C=O) groups excluding carboxylic acids is 1. The lowest BCUT2D eigenvalue weighted by Crippen LogP contribution is -2.15. The molecular formula is C14H18O3. The molecule has 0 fully saturated rings. The summed E-state index contributed by atoms with van der Waals surface area (Å²) >= 11 is 0. The van der Waals surface area contributed by atoms with Crippen molar-refractivity contribution in [2.24, 2.45) is 0 Å². The second-order valence-corrected chi connectivity index (χ2v) is 3.76. The van der Waals surface area contributed by atoms with Crippen LogP contribution in [0.15, 0.2) is 36.4 Å². The third-order valence-corrected chi connectivity index (χ3v) is 2.48. The standard InChI is InChI=1S/C14H18O3/c1-5-17-13(11(3)14(15)16-4)12-8-6-10(2)7-9-12/h6-9,13H,3,5H2,1-2,4H3. The summed E-state index contributed by atoms with van der Waals surface area (Å²) in [4.78, 5) is 11.5. The van der Waals surface area contributed by atoms with Crippen molar-refractivity contribution < 1.29 is 14.3 Å². The van der Waals surface area contributed by atoms with E-state index in [1.165, 1.54) is 7.11 Å². The third-order valence-electron chi connectivity index (χ3n) is 2.48. The minimum atomic E-state index is -0.441. The highest BCUT2D eigenvalue weighted by molar-refractivity contribution is 5.89. The van der Waals surface area contributed by atoms with Gasteiger partial charge in [0.05, 0.1) is 12.7 Å². The molecule has 92 valence electrons. The summed E-state index contributed by atoms with van der Waals surface area (Å²) in [5.41, 5.74) is 2.39. The van der Waals surface area contributed by atoms with Crippen molar-refractivity contribution in [3.8, 4) is 0 Å². The Balaban J connectivity index is 2.96. The van der Waals surface area contributed by atoms with Gasteiger partial charge in [0, 0.05) is 6.61 Å². The number of methoxy groups -OCH3 is 1. The quantitative estimate of drug-likeness (QED) is 0.580. The molecule has 0 aliphatic rings. The SMILES string of the molecule is C=C(C(=O)OC)C(OCC)c1ccc(C)cc1. The predicted octanol–water partition coefficient (Wildman–Crippen LogP) is 2.80. The Hall–Kier alpha value is -1.61. The number of ether oxygens (including phenoxy) is 2. The molecular weight excluding hydrogens is 216 g/mol. The van der Waals surface area contributed by atoms with Crippen LogP contribution in [-0.2, 0) is 14.3 Å². The molecule has 0 saturated heterocycles. The van der Waals surface area contributed by atoms with E-state index >= 15 is 0 Å². The van der Waals surface area contributed by atoms with E-state index in [4.69, 9.17) is 4.74 Å². The lowest BCUT2D eigenvalue weighted by Gasteiger charge is -2.18. The maximum atomic E-state index is 11.5. The van der Waals surface area contributed by atoms with Gasteiger partial charge in [-0.1, -0.05) is 36.4 Å². The van der Waals surface area contributed by atoms with Crippen LogP contribution in [0.4, 0.5) is 0 Å². The third kappa shape index (κ3) is 3.43. The fourth-order valence-electron chi connectivity index (χ4n) is 1.54. The summed E-state index contributed by atoms with van der Waals surface area (Å²) in [6, 6.07) is 7.82. The van der Waals surface area contributed by atoms with Crippen LogP contribution >= 0.6 is 0 Å². The van der Waals surface area contributed by atoms with Gasteiger partial charge in [0.2, 0.25) is 0 Å². The summed E-state index contributed by atoms with van der Waals surface area (Å²) in [5, 5.41) is 0. The van der Waals surface area contributed by atoms with Gasteiger partial charge in [-0.2, -0.15) is 0 Å². The number of rotatable bonds is 5. The van der Waals surface area contributed by atoms with Crippen LogP contribution in [0.2, 0.25) is 0 Å². The fourth-order valence-corrected chi connectivity index (χ4v) is 1.54. The van der Waals surface area contributed by atoms with Gasteiger partial charge in [-0.3, -0.25) is 0 Å². The van der Waals surface area contributed by atoms with Gasteiger partial charge in [-0.25, -0.2) is 4.79 Å². The number of carbonyl (C=O) groups is 1. The molecule has 3 heteroatoms.